The van der Waals surface area contributed by atoms with Crippen LogP contribution < -0.4 is 0 Å². The van der Waals surface area contributed by atoms with E-state index in [0.29, 0.717) is 6.61 Å². The summed E-state index contributed by atoms with van der Waals surface area (Å²) in [6, 6.07) is 6.63. The highest BCUT2D eigenvalue weighted by Crippen LogP contribution is 2.36. The first kappa shape index (κ1) is 17.0. The van der Waals surface area contributed by atoms with Gasteiger partial charge in [-0.2, -0.15) is 0 Å². The van der Waals surface area contributed by atoms with Crippen molar-refractivity contribution in [3.05, 3.63) is 58.2 Å². The van der Waals surface area contributed by atoms with E-state index in [0.717, 1.165) is 55.4 Å². The van der Waals surface area contributed by atoms with Gasteiger partial charge < -0.3 is 9.30 Å². The second kappa shape index (κ2) is 6.51. The van der Waals surface area contributed by atoms with E-state index >= 15 is 0 Å². The summed E-state index contributed by atoms with van der Waals surface area (Å²) in [5, 5.41) is 0. The van der Waals surface area contributed by atoms with E-state index < -0.39 is 0 Å². The zero-order chi connectivity index (χ0) is 18.4. The van der Waals surface area contributed by atoms with Gasteiger partial charge in [0.05, 0.1) is 29.6 Å². The highest BCUT2D eigenvalue weighted by molar-refractivity contribution is 7.09. The molecule has 140 valence electrons. The fourth-order valence-electron chi connectivity index (χ4n) is 4.10. The number of thiazole rings is 1. The Balaban J connectivity index is 1.37. The molecule has 5 rings (SSSR count). The largest absolute Gasteiger partial charge is 0.364 e. The van der Waals surface area contributed by atoms with Crippen molar-refractivity contribution in [3.63, 3.8) is 0 Å². The van der Waals surface area contributed by atoms with Crippen LogP contribution in [0.4, 0.5) is 4.39 Å². The summed E-state index contributed by atoms with van der Waals surface area (Å²) in [5.41, 5.74) is 4.88. The summed E-state index contributed by atoms with van der Waals surface area (Å²) < 4.78 is 21.8. The Labute approximate surface area is 161 Å². The van der Waals surface area contributed by atoms with Crippen molar-refractivity contribution in [3.8, 4) is 11.3 Å². The Kier molecular flexibility index (Phi) is 4.11. The first-order chi connectivity index (χ1) is 13.1. The van der Waals surface area contributed by atoms with E-state index in [1.165, 1.54) is 17.0 Å². The number of aromatic nitrogens is 3. The van der Waals surface area contributed by atoms with E-state index in [1.54, 1.807) is 11.3 Å². The number of halogens is 1. The molecule has 0 N–H and O–H groups in total. The van der Waals surface area contributed by atoms with E-state index in [4.69, 9.17) is 4.74 Å². The van der Waals surface area contributed by atoms with Gasteiger partial charge in [-0.1, -0.05) is 0 Å². The fourth-order valence-corrected chi connectivity index (χ4v) is 4.92. The van der Waals surface area contributed by atoms with E-state index in [9.17, 15) is 4.39 Å². The standard InChI is InChI=1S/C20H21FN4OS/c1-14-18(27-13-23-14)9-24-7-6-20(11-24)12-25-17(8-22-19(25)10-26-20)15-2-4-16(21)5-3-15/h2-5,8,13H,6-7,9-12H2,1H3/t20-/m1/s1. The highest BCUT2D eigenvalue weighted by Gasteiger charge is 2.43. The zero-order valence-electron chi connectivity index (χ0n) is 15.2. The second-order valence-corrected chi connectivity index (χ2v) is 8.39. The predicted molar refractivity (Wildman–Crippen MR) is 102 cm³/mol. The summed E-state index contributed by atoms with van der Waals surface area (Å²) in [5.74, 6) is 0.721. The van der Waals surface area contributed by atoms with Crippen LogP contribution in [0.1, 0.15) is 22.8 Å². The van der Waals surface area contributed by atoms with Crippen LogP contribution in [0, 0.1) is 12.7 Å². The maximum Gasteiger partial charge on any atom is 0.135 e. The summed E-state index contributed by atoms with van der Waals surface area (Å²) in [7, 11) is 0. The molecular weight excluding hydrogens is 363 g/mol. The number of likely N-dealkylation sites (tertiary alicyclic amines) is 1. The summed E-state index contributed by atoms with van der Waals surface area (Å²) in [4.78, 5) is 12.7. The number of hydrogen-bond acceptors (Lipinski definition) is 5. The third-order valence-electron chi connectivity index (χ3n) is 5.64. The summed E-state index contributed by atoms with van der Waals surface area (Å²) in [6.07, 6.45) is 2.88. The van der Waals surface area contributed by atoms with Crippen molar-refractivity contribution >= 4 is 11.3 Å². The number of rotatable bonds is 3. The molecule has 3 aromatic rings. The smallest absolute Gasteiger partial charge is 0.135 e. The van der Waals surface area contributed by atoms with Crippen molar-refractivity contribution in [2.45, 2.75) is 38.6 Å². The van der Waals surface area contributed by atoms with Gasteiger partial charge in [0.2, 0.25) is 0 Å². The van der Waals surface area contributed by atoms with Crippen LogP contribution in [0.25, 0.3) is 11.3 Å². The molecular formula is C20H21FN4OS. The topological polar surface area (TPSA) is 43.2 Å². The molecule has 1 spiro atoms. The Morgan fingerprint density at radius 1 is 1.22 bits per heavy atom. The lowest BCUT2D eigenvalue weighted by Gasteiger charge is -2.35. The Morgan fingerprint density at radius 3 is 2.85 bits per heavy atom. The highest BCUT2D eigenvalue weighted by atomic mass is 32.1. The normalized spacial score (nSPS) is 22.4. The molecule has 1 fully saturated rings. The minimum absolute atomic E-state index is 0.179. The number of imidazole rings is 1. The van der Waals surface area contributed by atoms with Crippen LogP contribution in [0.5, 0.6) is 0 Å². The molecule has 2 aromatic heterocycles. The molecule has 2 aliphatic heterocycles. The van der Waals surface area contributed by atoms with Gasteiger partial charge in [0, 0.05) is 24.5 Å². The first-order valence-corrected chi connectivity index (χ1v) is 10.1. The van der Waals surface area contributed by atoms with Gasteiger partial charge in [-0.25, -0.2) is 14.4 Å². The van der Waals surface area contributed by atoms with Gasteiger partial charge in [0.15, 0.2) is 0 Å². The second-order valence-electron chi connectivity index (χ2n) is 7.45. The third-order valence-corrected chi connectivity index (χ3v) is 6.56. The minimum Gasteiger partial charge on any atom is -0.364 e. The molecule has 0 aliphatic carbocycles. The molecule has 0 amide bonds. The van der Waals surface area contributed by atoms with Gasteiger partial charge in [0.25, 0.3) is 0 Å². The molecule has 1 saturated heterocycles. The number of hydrogen-bond donors (Lipinski definition) is 0. The summed E-state index contributed by atoms with van der Waals surface area (Å²) >= 11 is 1.72. The monoisotopic (exact) mass is 384 g/mol. The van der Waals surface area contributed by atoms with Gasteiger partial charge in [0.1, 0.15) is 23.8 Å². The molecule has 27 heavy (non-hydrogen) atoms. The van der Waals surface area contributed by atoms with E-state index in [1.807, 2.05) is 23.8 Å². The molecule has 0 saturated carbocycles. The maximum absolute atomic E-state index is 13.3. The molecule has 4 heterocycles. The molecule has 0 unspecified atom stereocenters. The van der Waals surface area contributed by atoms with Crippen molar-refractivity contribution < 1.29 is 9.13 Å². The van der Waals surface area contributed by atoms with Gasteiger partial charge in [-0.3, -0.25) is 4.90 Å². The minimum atomic E-state index is -0.221. The number of ether oxygens (including phenoxy) is 1. The van der Waals surface area contributed by atoms with Crippen LogP contribution in [0.3, 0.4) is 0 Å². The Hall–Kier alpha value is -2.09. The van der Waals surface area contributed by atoms with Crippen LogP contribution in [0.15, 0.2) is 36.0 Å². The maximum atomic E-state index is 13.3. The predicted octanol–water partition coefficient (Wildman–Crippen LogP) is 3.63. The van der Waals surface area contributed by atoms with Gasteiger partial charge >= 0.3 is 0 Å². The molecule has 1 atom stereocenters. The molecule has 0 radical (unpaired) electrons. The number of benzene rings is 1. The van der Waals surface area contributed by atoms with Crippen LogP contribution in [-0.4, -0.2) is 38.1 Å². The molecule has 0 bridgehead atoms. The molecule has 7 heteroatoms. The van der Waals surface area contributed by atoms with Crippen molar-refractivity contribution in [1.82, 2.24) is 19.4 Å². The quantitative estimate of drug-likeness (QED) is 0.692. The van der Waals surface area contributed by atoms with Gasteiger partial charge in [-0.15, -0.1) is 11.3 Å². The lowest BCUT2D eigenvalue weighted by atomic mass is 10.0. The van der Waals surface area contributed by atoms with Crippen LogP contribution in [0.2, 0.25) is 0 Å². The third kappa shape index (κ3) is 3.09. The average Bonchev–Trinajstić information content (AvgIpc) is 3.37. The fraction of sp³-hybridized carbons (Fsp3) is 0.400. The Bertz CT molecular complexity index is 967. The van der Waals surface area contributed by atoms with E-state index in [-0.39, 0.29) is 11.4 Å². The average molecular weight is 384 g/mol. The SMILES string of the molecule is Cc1ncsc1CN1CC[C@@]2(C1)Cn1c(-c3ccc(F)cc3)cnc1CO2. The van der Waals surface area contributed by atoms with Crippen LogP contribution >= 0.6 is 11.3 Å². The molecule has 5 nitrogen and oxygen atoms in total. The number of nitrogens with zero attached hydrogens (tertiary/aromatic N) is 4. The van der Waals surface area contributed by atoms with Crippen molar-refractivity contribution in [1.29, 1.82) is 0 Å². The van der Waals surface area contributed by atoms with E-state index in [2.05, 4.69) is 26.4 Å². The summed E-state index contributed by atoms with van der Waals surface area (Å²) in [6.45, 7) is 6.24. The molecule has 2 aliphatic rings. The van der Waals surface area contributed by atoms with Crippen molar-refractivity contribution in [2.24, 2.45) is 0 Å². The first-order valence-electron chi connectivity index (χ1n) is 9.18. The lowest BCUT2D eigenvalue weighted by Crippen LogP contribution is -2.44. The molecule has 1 aromatic carbocycles. The number of aryl methyl sites for hydroxylation is 1. The van der Waals surface area contributed by atoms with Gasteiger partial charge in [-0.05, 0) is 43.2 Å². The zero-order valence-corrected chi connectivity index (χ0v) is 16.0. The Morgan fingerprint density at radius 2 is 2.07 bits per heavy atom. The van der Waals surface area contributed by atoms with Crippen LogP contribution in [-0.2, 0) is 24.4 Å². The lowest BCUT2D eigenvalue weighted by molar-refractivity contribution is -0.0821. The van der Waals surface area contributed by atoms with Crippen molar-refractivity contribution in [2.75, 3.05) is 13.1 Å². The number of fused-ring (bicyclic) bond motifs is 1.